The van der Waals surface area contributed by atoms with Gasteiger partial charge in [-0.15, -0.1) is 12.4 Å². The molecule has 3 rings (SSSR count). The maximum absolute atomic E-state index is 5.86. The van der Waals surface area contributed by atoms with Gasteiger partial charge in [-0.25, -0.2) is 4.98 Å². The molecule has 2 aliphatic rings. The standard InChI is InChI=1S/C12H17ClN4.ClH/c13-11-7-14-8-12(15-11)17-5-3-16(4-6-17)9-10-1-2-10;/h7-8,10H,1-6,9H2;1H. The van der Waals surface area contributed by atoms with Crippen molar-refractivity contribution in [1.82, 2.24) is 14.9 Å². The molecule has 0 spiro atoms. The highest BCUT2D eigenvalue weighted by Gasteiger charge is 2.26. The van der Waals surface area contributed by atoms with Gasteiger partial charge in [0, 0.05) is 32.7 Å². The first-order valence-electron chi connectivity index (χ1n) is 6.26. The van der Waals surface area contributed by atoms with Crippen molar-refractivity contribution in [3.05, 3.63) is 17.5 Å². The predicted octanol–water partition coefficient (Wildman–Crippen LogP) is 2.08. The summed E-state index contributed by atoms with van der Waals surface area (Å²) in [5, 5.41) is 0.475. The molecule has 100 valence electrons. The zero-order chi connectivity index (χ0) is 11.7. The van der Waals surface area contributed by atoms with E-state index in [-0.39, 0.29) is 12.4 Å². The maximum Gasteiger partial charge on any atom is 0.149 e. The van der Waals surface area contributed by atoms with Crippen LogP contribution in [0.1, 0.15) is 12.8 Å². The molecule has 2 heterocycles. The lowest BCUT2D eigenvalue weighted by Gasteiger charge is -2.35. The average Bonchev–Trinajstić information content (AvgIpc) is 3.14. The smallest absolute Gasteiger partial charge is 0.149 e. The zero-order valence-electron chi connectivity index (χ0n) is 10.3. The molecule has 0 unspecified atom stereocenters. The summed E-state index contributed by atoms with van der Waals surface area (Å²) in [6, 6.07) is 0. The molecule has 0 bridgehead atoms. The molecule has 1 saturated carbocycles. The van der Waals surface area contributed by atoms with Crippen molar-refractivity contribution in [2.75, 3.05) is 37.6 Å². The van der Waals surface area contributed by atoms with Crippen LogP contribution in [0.25, 0.3) is 0 Å². The van der Waals surface area contributed by atoms with Gasteiger partial charge in [0.25, 0.3) is 0 Å². The summed E-state index contributed by atoms with van der Waals surface area (Å²) in [6.45, 7) is 5.61. The molecule has 0 N–H and O–H groups in total. The Morgan fingerprint density at radius 3 is 2.50 bits per heavy atom. The summed E-state index contributed by atoms with van der Waals surface area (Å²) >= 11 is 5.86. The summed E-state index contributed by atoms with van der Waals surface area (Å²) in [5.41, 5.74) is 0. The number of anilines is 1. The summed E-state index contributed by atoms with van der Waals surface area (Å²) in [5.74, 6) is 1.89. The van der Waals surface area contributed by atoms with Crippen LogP contribution in [-0.2, 0) is 0 Å². The van der Waals surface area contributed by atoms with Crippen molar-refractivity contribution in [2.45, 2.75) is 12.8 Å². The third kappa shape index (κ3) is 3.46. The van der Waals surface area contributed by atoms with E-state index >= 15 is 0 Å². The van der Waals surface area contributed by atoms with E-state index in [9.17, 15) is 0 Å². The number of piperazine rings is 1. The molecule has 1 aliphatic heterocycles. The van der Waals surface area contributed by atoms with E-state index in [0.29, 0.717) is 5.15 Å². The van der Waals surface area contributed by atoms with Crippen LogP contribution in [0, 0.1) is 5.92 Å². The van der Waals surface area contributed by atoms with Gasteiger partial charge in [0.05, 0.1) is 12.4 Å². The second-order valence-corrected chi connectivity index (χ2v) is 5.32. The molecular weight excluding hydrogens is 271 g/mol. The number of halogens is 2. The van der Waals surface area contributed by atoms with E-state index in [1.807, 2.05) is 0 Å². The maximum atomic E-state index is 5.86. The second-order valence-electron chi connectivity index (χ2n) is 4.93. The van der Waals surface area contributed by atoms with E-state index in [4.69, 9.17) is 11.6 Å². The molecule has 1 saturated heterocycles. The Kier molecular flexibility index (Phi) is 4.65. The summed E-state index contributed by atoms with van der Waals surface area (Å²) in [6.07, 6.45) is 6.23. The molecule has 2 fully saturated rings. The fourth-order valence-corrected chi connectivity index (χ4v) is 2.45. The SMILES string of the molecule is Cl.Clc1cncc(N2CCN(CC3CC3)CC2)n1. The van der Waals surface area contributed by atoms with Crippen molar-refractivity contribution >= 4 is 29.8 Å². The van der Waals surface area contributed by atoms with Crippen molar-refractivity contribution in [1.29, 1.82) is 0 Å². The van der Waals surface area contributed by atoms with Crippen molar-refractivity contribution in [2.24, 2.45) is 5.92 Å². The number of aromatic nitrogens is 2. The molecule has 0 aromatic carbocycles. The van der Waals surface area contributed by atoms with E-state index in [1.165, 1.54) is 19.4 Å². The average molecular weight is 289 g/mol. The quantitative estimate of drug-likeness (QED) is 0.853. The normalized spacial score (nSPS) is 20.6. The molecule has 1 aromatic rings. The minimum atomic E-state index is 0. The van der Waals surface area contributed by atoms with Crippen LogP contribution in [0.3, 0.4) is 0 Å². The Balaban J connectivity index is 0.00000120. The largest absolute Gasteiger partial charge is 0.353 e. The first kappa shape index (κ1) is 13.8. The van der Waals surface area contributed by atoms with Crippen LogP contribution in [0.4, 0.5) is 5.82 Å². The Labute approximate surface area is 119 Å². The summed E-state index contributed by atoms with van der Waals surface area (Å²) < 4.78 is 0. The number of nitrogens with zero attached hydrogens (tertiary/aromatic N) is 4. The molecule has 18 heavy (non-hydrogen) atoms. The molecule has 4 nitrogen and oxygen atoms in total. The van der Waals surface area contributed by atoms with E-state index in [1.54, 1.807) is 12.4 Å². The number of rotatable bonds is 3. The minimum Gasteiger partial charge on any atom is -0.353 e. The van der Waals surface area contributed by atoms with Gasteiger partial charge >= 0.3 is 0 Å². The third-order valence-corrected chi connectivity index (χ3v) is 3.68. The zero-order valence-corrected chi connectivity index (χ0v) is 11.8. The van der Waals surface area contributed by atoms with Gasteiger partial charge in [0.15, 0.2) is 0 Å². The van der Waals surface area contributed by atoms with Gasteiger partial charge in [-0.05, 0) is 18.8 Å². The molecule has 1 aliphatic carbocycles. The van der Waals surface area contributed by atoms with Crippen LogP contribution >= 0.6 is 24.0 Å². The predicted molar refractivity (Wildman–Crippen MR) is 75.7 cm³/mol. The Morgan fingerprint density at radius 2 is 1.89 bits per heavy atom. The van der Waals surface area contributed by atoms with Gasteiger partial charge in [-0.3, -0.25) is 9.88 Å². The highest BCUT2D eigenvalue weighted by atomic mass is 35.5. The van der Waals surface area contributed by atoms with Crippen molar-refractivity contribution in [3.8, 4) is 0 Å². The van der Waals surface area contributed by atoms with Crippen molar-refractivity contribution in [3.63, 3.8) is 0 Å². The molecular formula is C12H18Cl2N4. The highest BCUT2D eigenvalue weighted by Crippen LogP contribution is 2.30. The van der Waals surface area contributed by atoms with Gasteiger partial charge in [0.1, 0.15) is 11.0 Å². The lowest BCUT2D eigenvalue weighted by atomic mass is 10.3. The van der Waals surface area contributed by atoms with Crippen LogP contribution in [0.15, 0.2) is 12.4 Å². The molecule has 0 atom stereocenters. The van der Waals surface area contributed by atoms with E-state index in [2.05, 4.69) is 19.8 Å². The summed E-state index contributed by atoms with van der Waals surface area (Å²) in [7, 11) is 0. The third-order valence-electron chi connectivity index (χ3n) is 3.50. The van der Waals surface area contributed by atoms with Crippen LogP contribution in [0.5, 0.6) is 0 Å². The molecule has 1 aromatic heterocycles. The lowest BCUT2D eigenvalue weighted by Crippen LogP contribution is -2.47. The lowest BCUT2D eigenvalue weighted by molar-refractivity contribution is 0.247. The fourth-order valence-electron chi connectivity index (χ4n) is 2.31. The fraction of sp³-hybridized carbons (Fsp3) is 0.667. The molecule has 6 heteroatoms. The van der Waals surface area contributed by atoms with Gasteiger partial charge < -0.3 is 4.90 Å². The van der Waals surface area contributed by atoms with Gasteiger partial charge in [0.2, 0.25) is 0 Å². The number of hydrogen-bond acceptors (Lipinski definition) is 4. The Morgan fingerprint density at radius 1 is 1.17 bits per heavy atom. The molecule has 0 radical (unpaired) electrons. The first-order valence-corrected chi connectivity index (χ1v) is 6.64. The van der Waals surface area contributed by atoms with Crippen molar-refractivity contribution < 1.29 is 0 Å². The monoisotopic (exact) mass is 288 g/mol. The van der Waals surface area contributed by atoms with Crippen LogP contribution in [-0.4, -0.2) is 47.6 Å². The van der Waals surface area contributed by atoms with Crippen LogP contribution in [0.2, 0.25) is 5.15 Å². The topological polar surface area (TPSA) is 32.3 Å². The van der Waals surface area contributed by atoms with Gasteiger partial charge in [-0.2, -0.15) is 0 Å². The van der Waals surface area contributed by atoms with E-state index in [0.717, 1.165) is 37.9 Å². The minimum absolute atomic E-state index is 0. The first-order chi connectivity index (χ1) is 8.31. The second kappa shape index (κ2) is 6.04. The Hall–Kier alpha value is -0.580. The highest BCUT2D eigenvalue weighted by molar-refractivity contribution is 6.29. The molecule has 0 amide bonds. The van der Waals surface area contributed by atoms with E-state index < -0.39 is 0 Å². The summed E-state index contributed by atoms with van der Waals surface area (Å²) in [4.78, 5) is 13.2. The number of hydrogen-bond donors (Lipinski definition) is 0. The van der Waals surface area contributed by atoms with Gasteiger partial charge in [-0.1, -0.05) is 11.6 Å². The van der Waals surface area contributed by atoms with Crippen LogP contribution < -0.4 is 4.90 Å². The Bertz CT molecular complexity index is 389.